The second-order valence-electron chi connectivity index (χ2n) is 7.68. The lowest BCUT2D eigenvalue weighted by molar-refractivity contribution is 0.0772. The Morgan fingerprint density at radius 1 is 0.786 bits per heavy atom. The fourth-order valence-corrected chi connectivity index (χ4v) is 4.44. The van der Waals surface area contributed by atoms with Gasteiger partial charge in [-0.2, -0.15) is 0 Å². The zero-order chi connectivity index (χ0) is 19.3. The first-order valence-electron chi connectivity index (χ1n) is 10.2. The average molecular weight is 373 g/mol. The van der Waals surface area contributed by atoms with Crippen molar-refractivity contribution in [3.63, 3.8) is 0 Å². The van der Waals surface area contributed by atoms with Crippen LogP contribution >= 0.6 is 0 Å². The molecule has 0 bridgehead atoms. The second kappa shape index (κ2) is 8.61. The van der Waals surface area contributed by atoms with Gasteiger partial charge in [0.25, 0.3) is 0 Å². The van der Waals surface area contributed by atoms with Gasteiger partial charge in [0.05, 0.1) is 23.5 Å². The summed E-state index contributed by atoms with van der Waals surface area (Å²) >= 11 is 0. The maximum atomic E-state index is 4.78. The molecule has 0 radical (unpaired) electrons. The highest BCUT2D eigenvalue weighted by Gasteiger charge is 2.34. The summed E-state index contributed by atoms with van der Waals surface area (Å²) in [6, 6.07) is 15.2. The quantitative estimate of drug-likeness (QED) is 0.632. The monoisotopic (exact) mass is 372 g/mol. The summed E-state index contributed by atoms with van der Waals surface area (Å²) in [5.74, 6) is 0. The average Bonchev–Trinajstić information content (AvgIpc) is 2.74. The van der Waals surface area contributed by atoms with Crippen LogP contribution in [-0.4, -0.2) is 26.4 Å². The topological polar surface area (TPSA) is 41.9 Å². The van der Waals surface area contributed by atoms with Gasteiger partial charge in [0.15, 0.2) is 0 Å². The molecule has 0 spiro atoms. The zero-order valence-corrected chi connectivity index (χ0v) is 16.8. The normalized spacial score (nSPS) is 20.2. The van der Waals surface area contributed by atoms with E-state index in [2.05, 4.69) is 48.0 Å². The van der Waals surface area contributed by atoms with E-state index in [-0.39, 0.29) is 0 Å². The molecule has 4 heterocycles. The van der Waals surface area contributed by atoms with Crippen LogP contribution in [0.4, 0.5) is 0 Å². The van der Waals surface area contributed by atoms with Gasteiger partial charge in [-0.1, -0.05) is 18.2 Å². The number of nitrogens with zero attached hydrogens (tertiary/aromatic N) is 4. The SMILES string of the molecule is Cc1cccnc1[C@H]1CCC[C@@H](c2ncccc2C)N1CCc1ccccn1. The summed E-state index contributed by atoms with van der Waals surface area (Å²) in [6.07, 6.45) is 10.1. The molecule has 4 rings (SSSR count). The van der Waals surface area contributed by atoms with Crippen LogP contribution in [0.2, 0.25) is 0 Å². The molecular formula is C24H28N4. The summed E-state index contributed by atoms with van der Waals surface area (Å²) in [5.41, 5.74) is 6.10. The maximum absolute atomic E-state index is 4.78. The first-order chi connectivity index (χ1) is 13.7. The van der Waals surface area contributed by atoms with Crippen LogP contribution in [0.1, 0.15) is 59.6 Å². The van der Waals surface area contributed by atoms with Gasteiger partial charge in [0.1, 0.15) is 0 Å². The predicted molar refractivity (Wildman–Crippen MR) is 112 cm³/mol. The molecule has 2 atom stereocenters. The van der Waals surface area contributed by atoms with Gasteiger partial charge in [-0.15, -0.1) is 0 Å². The van der Waals surface area contributed by atoms with E-state index in [1.54, 1.807) is 0 Å². The minimum absolute atomic E-state index is 0.324. The second-order valence-corrected chi connectivity index (χ2v) is 7.68. The minimum atomic E-state index is 0.324. The van der Waals surface area contributed by atoms with E-state index in [1.807, 2.05) is 36.8 Å². The minimum Gasteiger partial charge on any atom is -0.286 e. The van der Waals surface area contributed by atoms with Crippen molar-refractivity contribution >= 4 is 0 Å². The van der Waals surface area contributed by atoms with E-state index >= 15 is 0 Å². The van der Waals surface area contributed by atoms with E-state index in [0.29, 0.717) is 12.1 Å². The van der Waals surface area contributed by atoms with Crippen molar-refractivity contribution < 1.29 is 0 Å². The van der Waals surface area contributed by atoms with Crippen molar-refractivity contribution in [2.24, 2.45) is 0 Å². The molecule has 0 amide bonds. The standard InChI is InChI=1S/C24H28N4/c1-18-8-6-15-26-23(18)21-11-5-12-22(24-19(2)9-7-16-27-24)28(21)17-13-20-10-3-4-14-25-20/h3-4,6-10,14-16,21-22H,5,11-13,17H2,1-2H3/t21-,22+. The van der Waals surface area contributed by atoms with Gasteiger partial charge in [-0.3, -0.25) is 19.9 Å². The van der Waals surface area contributed by atoms with Crippen LogP contribution in [0.3, 0.4) is 0 Å². The van der Waals surface area contributed by atoms with Gasteiger partial charge in [0, 0.05) is 37.3 Å². The Bertz CT molecular complexity index is 856. The molecule has 0 aliphatic carbocycles. The van der Waals surface area contributed by atoms with Crippen LogP contribution in [0.15, 0.2) is 61.1 Å². The maximum Gasteiger partial charge on any atom is 0.0604 e. The number of hydrogen-bond donors (Lipinski definition) is 0. The zero-order valence-electron chi connectivity index (χ0n) is 16.8. The molecule has 0 saturated carbocycles. The van der Waals surface area contributed by atoms with Crippen molar-refractivity contribution in [3.8, 4) is 0 Å². The number of pyridine rings is 3. The fraction of sp³-hybridized carbons (Fsp3) is 0.375. The number of piperidine rings is 1. The van der Waals surface area contributed by atoms with Gasteiger partial charge < -0.3 is 0 Å². The lowest BCUT2D eigenvalue weighted by atomic mass is 9.88. The highest BCUT2D eigenvalue weighted by molar-refractivity contribution is 5.26. The molecule has 0 unspecified atom stereocenters. The van der Waals surface area contributed by atoms with Gasteiger partial charge in [-0.25, -0.2) is 0 Å². The van der Waals surface area contributed by atoms with E-state index in [0.717, 1.165) is 31.5 Å². The lowest BCUT2D eigenvalue weighted by Gasteiger charge is -2.42. The Balaban J connectivity index is 1.68. The Kier molecular flexibility index (Phi) is 5.77. The molecule has 3 aromatic heterocycles. The van der Waals surface area contributed by atoms with Crippen LogP contribution in [0, 0.1) is 13.8 Å². The number of aryl methyl sites for hydroxylation is 2. The third-order valence-corrected chi connectivity index (χ3v) is 5.84. The summed E-state index contributed by atoms with van der Waals surface area (Å²) in [4.78, 5) is 16.7. The molecule has 3 aromatic rings. The van der Waals surface area contributed by atoms with Gasteiger partial charge in [-0.05, 0) is 68.5 Å². The Labute approximate surface area is 167 Å². The summed E-state index contributed by atoms with van der Waals surface area (Å²) in [6.45, 7) is 5.31. The molecule has 144 valence electrons. The predicted octanol–water partition coefficient (Wildman–Crippen LogP) is 5.00. The third-order valence-electron chi connectivity index (χ3n) is 5.84. The third kappa shape index (κ3) is 3.97. The Morgan fingerprint density at radius 3 is 1.93 bits per heavy atom. The highest BCUT2D eigenvalue weighted by atomic mass is 15.2. The van der Waals surface area contributed by atoms with E-state index < -0.39 is 0 Å². The molecule has 4 nitrogen and oxygen atoms in total. The lowest BCUT2D eigenvalue weighted by Crippen LogP contribution is -2.39. The highest BCUT2D eigenvalue weighted by Crippen LogP contribution is 2.41. The fourth-order valence-electron chi connectivity index (χ4n) is 4.44. The van der Waals surface area contributed by atoms with Crippen molar-refractivity contribution in [1.82, 2.24) is 19.9 Å². The Morgan fingerprint density at radius 2 is 1.39 bits per heavy atom. The number of aromatic nitrogens is 3. The number of likely N-dealkylation sites (tertiary alicyclic amines) is 1. The van der Waals surface area contributed by atoms with Crippen molar-refractivity contribution in [1.29, 1.82) is 0 Å². The molecule has 0 aromatic carbocycles. The van der Waals surface area contributed by atoms with Crippen LogP contribution < -0.4 is 0 Å². The first-order valence-corrected chi connectivity index (χ1v) is 10.2. The van der Waals surface area contributed by atoms with Crippen molar-refractivity contribution in [2.45, 2.75) is 51.6 Å². The smallest absolute Gasteiger partial charge is 0.0604 e. The molecule has 1 fully saturated rings. The molecule has 4 heteroatoms. The van der Waals surface area contributed by atoms with Gasteiger partial charge in [0.2, 0.25) is 0 Å². The number of hydrogen-bond acceptors (Lipinski definition) is 4. The van der Waals surface area contributed by atoms with E-state index in [4.69, 9.17) is 9.97 Å². The molecule has 1 saturated heterocycles. The van der Waals surface area contributed by atoms with Crippen molar-refractivity contribution in [2.75, 3.05) is 6.54 Å². The van der Waals surface area contributed by atoms with E-state index in [1.165, 1.54) is 28.9 Å². The van der Waals surface area contributed by atoms with Crippen molar-refractivity contribution in [3.05, 3.63) is 89.3 Å². The molecule has 1 aliphatic heterocycles. The van der Waals surface area contributed by atoms with Gasteiger partial charge >= 0.3 is 0 Å². The largest absolute Gasteiger partial charge is 0.286 e. The van der Waals surface area contributed by atoms with Crippen LogP contribution in [0.5, 0.6) is 0 Å². The molecule has 0 N–H and O–H groups in total. The molecule has 1 aliphatic rings. The summed E-state index contributed by atoms with van der Waals surface area (Å²) in [7, 11) is 0. The summed E-state index contributed by atoms with van der Waals surface area (Å²) in [5, 5.41) is 0. The summed E-state index contributed by atoms with van der Waals surface area (Å²) < 4.78 is 0. The van der Waals surface area contributed by atoms with E-state index in [9.17, 15) is 0 Å². The number of rotatable bonds is 5. The Hall–Kier alpha value is -2.59. The van der Waals surface area contributed by atoms with Crippen LogP contribution in [0.25, 0.3) is 0 Å². The first kappa shape index (κ1) is 18.8. The molecular weight excluding hydrogens is 344 g/mol. The van der Waals surface area contributed by atoms with Crippen LogP contribution in [-0.2, 0) is 6.42 Å². The molecule has 28 heavy (non-hydrogen) atoms.